The van der Waals surface area contributed by atoms with Crippen molar-refractivity contribution in [3.63, 3.8) is 0 Å². The van der Waals surface area contributed by atoms with Gasteiger partial charge in [-0.25, -0.2) is 0 Å². The fourth-order valence-electron chi connectivity index (χ4n) is 1.82. The van der Waals surface area contributed by atoms with Gasteiger partial charge in [-0.15, -0.1) is 0 Å². The molecule has 0 aromatic heterocycles. The van der Waals surface area contributed by atoms with Crippen molar-refractivity contribution < 1.29 is 4.74 Å². The summed E-state index contributed by atoms with van der Waals surface area (Å²) in [5.41, 5.74) is 2.51. The number of hydrogen-bond donors (Lipinski definition) is 1. The van der Waals surface area contributed by atoms with Crippen molar-refractivity contribution in [3.05, 3.63) is 29.3 Å². The first kappa shape index (κ1) is 14.5. The number of ether oxygens (including phenoxy) is 1. The lowest BCUT2D eigenvalue weighted by Crippen LogP contribution is -2.26. The third kappa shape index (κ3) is 4.05. The second-order valence-electron chi connectivity index (χ2n) is 4.78. The number of nitrogens with zero attached hydrogens (tertiary/aromatic N) is 1. The van der Waals surface area contributed by atoms with Crippen molar-refractivity contribution in [2.45, 2.75) is 39.2 Å². The summed E-state index contributed by atoms with van der Waals surface area (Å²) >= 11 is 0. The Morgan fingerprint density at radius 1 is 1.33 bits per heavy atom. The lowest BCUT2D eigenvalue weighted by Gasteiger charge is -2.13. The van der Waals surface area contributed by atoms with E-state index in [1.165, 1.54) is 11.1 Å². The Balaban J connectivity index is 2.73. The van der Waals surface area contributed by atoms with Crippen LogP contribution in [0.5, 0.6) is 5.75 Å². The molecule has 1 unspecified atom stereocenters. The van der Waals surface area contributed by atoms with Gasteiger partial charge in [0.25, 0.3) is 0 Å². The van der Waals surface area contributed by atoms with E-state index in [1.807, 2.05) is 13.0 Å². The van der Waals surface area contributed by atoms with Gasteiger partial charge in [-0.1, -0.05) is 26.0 Å². The molecule has 0 aliphatic carbocycles. The summed E-state index contributed by atoms with van der Waals surface area (Å²) in [4.78, 5) is 0. The van der Waals surface area contributed by atoms with E-state index in [0.29, 0.717) is 5.92 Å². The summed E-state index contributed by atoms with van der Waals surface area (Å²) in [7, 11) is 1.69. The van der Waals surface area contributed by atoms with E-state index in [4.69, 9.17) is 10.00 Å². The van der Waals surface area contributed by atoms with Crippen LogP contribution in [0.2, 0.25) is 0 Å². The Kier molecular flexibility index (Phi) is 5.67. The highest BCUT2D eigenvalue weighted by atomic mass is 16.5. The third-order valence-electron chi connectivity index (χ3n) is 3.01. The van der Waals surface area contributed by atoms with Crippen LogP contribution in [-0.2, 0) is 6.42 Å². The van der Waals surface area contributed by atoms with Gasteiger partial charge in [0.2, 0.25) is 0 Å². The normalized spacial score (nSPS) is 12.2. The number of nitrogens with one attached hydrogen (secondary N) is 1. The van der Waals surface area contributed by atoms with Gasteiger partial charge in [0.05, 0.1) is 19.2 Å². The molecule has 1 N–H and O–H groups in total. The van der Waals surface area contributed by atoms with Gasteiger partial charge in [0, 0.05) is 6.54 Å². The van der Waals surface area contributed by atoms with Gasteiger partial charge < -0.3 is 10.1 Å². The fraction of sp³-hybridized carbons (Fsp3) is 0.533. The molecule has 98 valence electrons. The van der Waals surface area contributed by atoms with Crippen LogP contribution in [-0.4, -0.2) is 19.7 Å². The van der Waals surface area contributed by atoms with Gasteiger partial charge in [-0.2, -0.15) is 5.26 Å². The van der Waals surface area contributed by atoms with E-state index in [1.54, 1.807) is 7.11 Å². The third-order valence-corrected chi connectivity index (χ3v) is 3.01. The first-order chi connectivity index (χ1) is 8.58. The predicted octanol–water partition coefficient (Wildman–Crippen LogP) is 2.86. The van der Waals surface area contributed by atoms with E-state index in [2.05, 4.69) is 37.4 Å². The number of benzene rings is 1. The molecule has 1 aromatic rings. The van der Waals surface area contributed by atoms with Crippen molar-refractivity contribution in [2.75, 3.05) is 13.7 Å². The van der Waals surface area contributed by atoms with Gasteiger partial charge in [-0.05, 0) is 36.5 Å². The second kappa shape index (κ2) is 7.03. The number of hydrogen-bond acceptors (Lipinski definition) is 3. The molecule has 3 heteroatoms. The standard InChI is InChI=1S/C15H22N2O/c1-11(2)13-5-6-15(18-4)14(9-13)7-8-17-12(3)10-16/h5-6,9,11-12,17H,7-8H2,1-4H3. The highest BCUT2D eigenvalue weighted by Crippen LogP contribution is 2.24. The number of nitriles is 1. The Labute approximate surface area is 110 Å². The van der Waals surface area contributed by atoms with Gasteiger partial charge >= 0.3 is 0 Å². The van der Waals surface area contributed by atoms with Crippen LogP contribution in [0.1, 0.15) is 37.8 Å². The molecule has 0 radical (unpaired) electrons. The van der Waals surface area contributed by atoms with Crippen LogP contribution in [0.3, 0.4) is 0 Å². The fourth-order valence-corrected chi connectivity index (χ4v) is 1.82. The monoisotopic (exact) mass is 246 g/mol. The molecule has 18 heavy (non-hydrogen) atoms. The smallest absolute Gasteiger partial charge is 0.122 e. The molecule has 0 aliphatic heterocycles. The number of methoxy groups -OCH3 is 1. The molecule has 0 aliphatic rings. The minimum atomic E-state index is -0.107. The predicted molar refractivity (Wildman–Crippen MR) is 73.9 cm³/mol. The van der Waals surface area contributed by atoms with Crippen LogP contribution in [0.4, 0.5) is 0 Å². The number of rotatable bonds is 6. The lowest BCUT2D eigenvalue weighted by atomic mass is 9.99. The summed E-state index contributed by atoms with van der Waals surface area (Å²) in [5.74, 6) is 1.44. The first-order valence-electron chi connectivity index (χ1n) is 6.38. The molecule has 0 saturated carbocycles. The summed E-state index contributed by atoms with van der Waals surface area (Å²) < 4.78 is 5.37. The minimum absolute atomic E-state index is 0.107. The van der Waals surface area contributed by atoms with E-state index in [0.717, 1.165) is 18.7 Å². The molecule has 1 aromatic carbocycles. The largest absolute Gasteiger partial charge is 0.496 e. The van der Waals surface area contributed by atoms with Gasteiger partial charge in [0.15, 0.2) is 0 Å². The average molecular weight is 246 g/mol. The van der Waals surface area contributed by atoms with Crippen LogP contribution in [0, 0.1) is 11.3 Å². The van der Waals surface area contributed by atoms with Gasteiger partial charge in [0.1, 0.15) is 5.75 Å². The van der Waals surface area contributed by atoms with Crippen LogP contribution >= 0.6 is 0 Å². The molecule has 0 saturated heterocycles. The molecule has 1 atom stereocenters. The zero-order chi connectivity index (χ0) is 13.5. The summed E-state index contributed by atoms with van der Waals surface area (Å²) in [5, 5.41) is 11.9. The van der Waals surface area contributed by atoms with Crippen LogP contribution < -0.4 is 10.1 Å². The van der Waals surface area contributed by atoms with Crippen LogP contribution in [0.25, 0.3) is 0 Å². The molecule has 0 heterocycles. The minimum Gasteiger partial charge on any atom is -0.496 e. The summed E-state index contributed by atoms with van der Waals surface area (Å²) in [6, 6.07) is 8.39. The zero-order valence-corrected chi connectivity index (χ0v) is 11.7. The van der Waals surface area contributed by atoms with Crippen molar-refractivity contribution in [1.82, 2.24) is 5.32 Å². The Hall–Kier alpha value is -1.53. The molecule has 0 fully saturated rings. The Morgan fingerprint density at radius 2 is 2.06 bits per heavy atom. The van der Waals surface area contributed by atoms with E-state index in [-0.39, 0.29) is 6.04 Å². The zero-order valence-electron chi connectivity index (χ0n) is 11.7. The van der Waals surface area contributed by atoms with Crippen LogP contribution in [0.15, 0.2) is 18.2 Å². The maximum absolute atomic E-state index is 8.71. The molecular weight excluding hydrogens is 224 g/mol. The highest BCUT2D eigenvalue weighted by Gasteiger charge is 2.07. The van der Waals surface area contributed by atoms with Crippen molar-refractivity contribution in [3.8, 4) is 11.8 Å². The van der Waals surface area contributed by atoms with Crippen molar-refractivity contribution in [1.29, 1.82) is 5.26 Å². The molecule has 1 rings (SSSR count). The summed E-state index contributed by atoms with van der Waals surface area (Å²) in [6.45, 7) is 7.01. The van der Waals surface area contributed by atoms with Crippen molar-refractivity contribution >= 4 is 0 Å². The summed E-state index contributed by atoms with van der Waals surface area (Å²) in [6.07, 6.45) is 0.871. The topological polar surface area (TPSA) is 45.0 Å². The van der Waals surface area contributed by atoms with Crippen molar-refractivity contribution in [2.24, 2.45) is 0 Å². The van der Waals surface area contributed by atoms with E-state index in [9.17, 15) is 0 Å². The molecular formula is C15H22N2O. The Bertz CT molecular complexity index is 421. The lowest BCUT2D eigenvalue weighted by molar-refractivity contribution is 0.408. The SMILES string of the molecule is COc1ccc(C(C)C)cc1CCNC(C)C#N. The average Bonchev–Trinajstić information content (AvgIpc) is 2.38. The quantitative estimate of drug-likeness (QED) is 0.839. The van der Waals surface area contributed by atoms with E-state index >= 15 is 0 Å². The molecule has 0 bridgehead atoms. The molecule has 0 spiro atoms. The maximum Gasteiger partial charge on any atom is 0.122 e. The second-order valence-corrected chi connectivity index (χ2v) is 4.78. The maximum atomic E-state index is 8.71. The first-order valence-corrected chi connectivity index (χ1v) is 6.38. The Morgan fingerprint density at radius 3 is 2.61 bits per heavy atom. The van der Waals surface area contributed by atoms with Gasteiger partial charge in [-0.3, -0.25) is 0 Å². The van der Waals surface area contributed by atoms with E-state index < -0.39 is 0 Å². The molecule has 0 amide bonds. The molecule has 3 nitrogen and oxygen atoms in total. The highest BCUT2D eigenvalue weighted by molar-refractivity contribution is 5.38.